The summed E-state index contributed by atoms with van der Waals surface area (Å²) < 4.78 is 0. The smallest absolute Gasteiger partial charge is 0.222 e. The number of ketones is 1. The highest BCUT2D eigenvalue weighted by Gasteiger charge is 2.25. The van der Waals surface area contributed by atoms with Crippen molar-refractivity contribution in [2.45, 2.75) is 25.8 Å². The fraction of sp³-hybridized carbons (Fsp3) is 0.667. The lowest BCUT2D eigenvalue weighted by Crippen LogP contribution is -2.49. The van der Waals surface area contributed by atoms with Crippen LogP contribution in [0.5, 0.6) is 0 Å². The van der Waals surface area contributed by atoms with Crippen LogP contribution < -0.4 is 5.32 Å². The molecule has 0 spiro atoms. The first-order valence-corrected chi connectivity index (χ1v) is 2.97. The number of nitrogens with one attached hydrogen (secondary N) is 1. The van der Waals surface area contributed by atoms with Crippen molar-refractivity contribution in [3.8, 4) is 0 Å². The maximum atomic E-state index is 10.4. The average Bonchev–Trinajstić information content (AvgIpc) is 1.60. The Labute approximate surface area is 53.4 Å². The Balaban J connectivity index is 2.18. The zero-order valence-corrected chi connectivity index (χ0v) is 5.31. The lowest BCUT2D eigenvalue weighted by Gasteiger charge is -2.25. The lowest BCUT2D eigenvalue weighted by atomic mass is 10.0. The molecule has 3 heteroatoms. The monoisotopic (exact) mass is 127 g/mol. The molecule has 0 aromatic rings. The molecule has 1 rings (SSSR count). The largest absolute Gasteiger partial charge is 0.352 e. The van der Waals surface area contributed by atoms with Gasteiger partial charge in [0.05, 0.1) is 0 Å². The van der Waals surface area contributed by atoms with Crippen LogP contribution >= 0.6 is 0 Å². The van der Waals surface area contributed by atoms with E-state index >= 15 is 0 Å². The topological polar surface area (TPSA) is 46.2 Å². The molecule has 0 aromatic heterocycles. The number of hydrogen-bond donors (Lipinski definition) is 1. The maximum Gasteiger partial charge on any atom is 0.222 e. The highest BCUT2D eigenvalue weighted by molar-refractivity contribution is 5.86. The van der Waals surface area contributed by atoms with Crippen molar-refractivity contribution in [1.29, 1.82) is 0 Å². The van der Waals surface area contributed by atoms with E-state index in [0.29, 0.717) is 12.8 Å². The second-order valence-corrected chi connectivity index (χ2v) is 2.37. The van der Waals surface area contributed by atoms with Gasteiger partial charge in [0.1, 0.15) is 5.78 Å². The number of amides is 1. The summed E-state index contributed by atoms with van der Waals surface area (Å²) in [5.41, 5.74) is 0. The first-order chi connectivity index (χ1) is 4.18. The Morgan fingerprint density at radius 1 is 1.89 bits per heavy atom. The zero-order chi connectivity index (χ0) is 6.85. The molecule has 1 aliphatic rings. The molecule has 1 N–H and O–H groups in total. The van der Waals surface area contributed by atoms with E-state index < -0.39 is 0 Å². The Morgan fingerprint density at radius 2 is 2.44 bits per heavy atom. The summed E-state index contributed by atoms with van der Waals surface area (Å²) in [5, 5.41) is 2.61. The molecule has 0 unspecified atom stereocenters. The number of hydrogen-bond acceptors (Lipinski definition) is 2. The molecule has 3 nitrogen and oxygen atoms in total. The first-order valence-electron chi connectivity index (χ1n) is 2.97. The highest BCUT2D eigenvalue weighted by atomic mass is 16.2. The van der Waals surface area contributed by atoms with Gasteiger partial charge < -0.3 is 5.32 Å². The van der Waals surface area contributed by atoms with Crippen LogP contribution in [0.4, 0.5) is 0 Å². The Kier molecular flexibility index (Phi) is 1.51. The second-order valence-electron chi connectivity index (χ2n) is 2.37. The Morgan fingerprint density at radius 3 is 2.78 bits per heavy atom. The molecule has 0 radical (unpaired) electrons. The summed E-state index contributed by atoms with van der Waals surface area (Å²) >= 11 is 0. The number of rotatable bonds is 2. The SMILES string of the molecule is CC(=O)C[C@H]1CC(=O)N1. The molecule has 0 saturated carbocycles. The molecule has 0 aromatic carbocycles. The molecule has 50 valence electrons. The van der Waals surface area contributed by atoms with Gasteiger partial charge >= 0.3 is 0 Å². The van der Waals surface area contributed by atoms with Gasteiger partial charge in [-0.2, -0.15) is 0 Å². The summed E-state index contributed by atoms with van der Waals surface area (Å²) in [6, 6.07) is 0.134. The Hall–Kier alpha value is -0.860. The molecule has 1 saturated heterocycles. The van der Waals surface area contributed by atoms with Crippen LogP contribution in [0.1, 0.15) is 19.8 Å². The third-order valence-corrected chi connectivity index (χ3v) is 1.33. The molecule has 1 amide bonds. The minimum absolute atomic E-state index is 0.0567. The van der Waals surface area contributed by atoms with E-state index in [-0.39, 0.29) is 17.7 Å². The molecular formula is C6H9NO2. The van der Waals surface area contributed by atoms with E-state index in [2.05, 4.69) is 5.32 Å². The molecule has 1 heterocycles. The van der Waals surface area contributed by atoms with E-state index in [4.69, 9.17) is 0 Å². The van der Waals surface area contributed by atoms with E-state index in [0.717, 1.165) is 0 Å². The summed E-state index contributed by atoms with van der Waals surface area (Å²) in [5.74, 6) is 0.196. The Bertz CT molecular complexity index is 145. The molecule has 1 atom stereocenters. The molecule has 9 heavy (non-hydrogen) atoms. The van der Waals surface area contributed by atoms with Crippen molar-refractivity contribution in [2.24, 2.45) is 0 Å². The summed E-state index contributed by atoms with van der Waals surface area (Å²) in [7, 11) is 0. The van der Waals surface area contributed by atoms with Gasteiger partial charge in [0.25, 0.3) is 0 Å². The molecular weight excluding hydrogens is 118 g/mol. The maximum absolute atomic E-state index is 10.4. The standard InChI is InChI=1S/C6H9NO2/c1-4(8)2-5-3-6(9)7-5/h5H,2-3H2,1H3,(H,7,9)/t5-/m0/s1. The fourth-order valence-corrected chi connectivity index (χ4v) is 0.901. The van der Waals surface area contributed by atoms with E-state index in [1.165, 1.54) is 6.92 Å². The summed E-state index contributed by atoms with van der Waals surface area (Å²) in [6.07, 6.45) is 1.02. The van der Waals surface area contributed by atoms with Gasteiger partial charge in [-0.15, -0.1) is 0 Å². The number of carbonyl (C=O) groups excluding carboxylic acids is 2. The van der Waals surface area contributed by atoms with E-state index in [1.807, 2.05) is 0 Å². The van der Waals surface area contributed by atoms with Crippen LogP contribution in [-0.2, 0) is 9.59 Å². The molecule has 1 aliphatic heterocycles. The third kappa shape index (κ3) is 1.52. The molecule has 0 aliphatic carbocycles. The molecule has 1 fully saturated rings. The van der Waals surface area contributed by atoms with E-state index in [1.54, 1.807) is 0 Å². The van der Waals surface area contributed by atoms with Crippen molar-refractivity contribution < 1.29 is 9.59 Å². The predicted octanol–water partition coefficient (Wildman–Crippen LogP) is -0.146. The van der Waals surface area contributed by atoms with Gasteiger partial charge in [-0.3, -0.25) is 9.59 Å². The van der Waals surface area contributed by atoms with Gasteiger partial charge in [-0.25, -0.2) is 0 Å². The lowest BCUT2D eigenvalue weighted by molar-refractivity contribution is -0.129. The number of carbonyl (C=O) groups is 2. The van der Waals surface area contributed by atoms with Crippen LogP contribution in [0.15, 0.2) is 0 Å². The minimum Gasteiger partial charge on any atom is -0.352 e. The summed E-state index contributed by atoms with van der Waals surface area (Å²) in [6.45, 7) is 1.53. The van der Waals surface area contributed by atoms with Gasteiger partial charge in [0, 0.05) is 18.9 Å². The van der Waals surface area contributed by atoms with Crippen LogP contribution in [0.2, 0.25) is 0 Å². The third-order valence-electron chi connectivity index (χ3n) is 1.33. The number of β-lactam (4-membered cyclic amide) rings is 1. The van der Waals surface area contributed by atoms with Crippen molar-refractivity contribution in [3.05, 3.63) is 0 Å². The van der Waals surface area contributed by atoms with Gasteiger partial charge in [-0.05, 0) is 6.92 Å². The molecule has 0 bridgehead atoms. The summed E-state index contributed by atoms with van der Waals surface area (Å²) in [4.78, 5) is 20.7. The van der Waals surface area contributed by atoms with Crippen LogP contribution in [0, 0.1) is 0 Å². The normalized spacial score (nSPS) is 24.6. The zero-order valence-electron chi connectivity index (χ0n) is 5.31. The van der Waals surface area contributed by atoms with Crippen molar-refractivity contribution >= 4 is 11.7 Å². The minimum atomic E-state index is 0.0567. The van der Waals surface area contributed by atoms with Crippen molar-refractivity contribution in [3.63, 3.8) is 0 Å². The average molecular weight is 127 g/mol. The van der Waals surface area contributed by atoms with Gasteiger partial charge in [0.15, 0.2) is 0 Å². The highest BCUT2D eigenvalue weighted by Crippen LogP contribution is 2.07. The quantitative estimate of drug-likeness (QED) is 0.524. The van der Waals surface area contributed by atoms with Gasteiger partial charge in [-0.1, -0.05) is 0 Å². The van der Waals surface area contributed by atoms with Crippen LogP contribution in [0.3, 0.4) is 0 Å². The van der Waals surface area contributed by atoms with Crippen molar-refractivity contribution in [2.75, 3.05) is 0 Å². The van der Waals surface area contributed by atoms with Crippen LogP contribution in [-0.4, -0.2) is 17.7 Å². The van der Waals surface area contributed by atoms with E-state index in [9.17, 15) is 9.59 Å². The second kappa shape index (κ2) is 2.17. The number of Topliss-reactive ketones (excluding diaryl/α,β-unsaturated/α-hetero) is 1. The first kappa shape index (κ1) is 6.26. The fourth-order valence-electron chi connectivity index (χ4n) is 0.901. The predicted molar refractivity (Wildman–Crippen MR) is 31.8 cm³/mol. The van der Waals surface area contributed by atoms with Crippen molar-refractivity contribution in [1.82, 2.24) is 5.32 Å². The van der Waals surface area contributed by atoms with Crippen LogP contribution in [0.25, 0.3) is 0 Å². The van der Waals surface area contributed by atoms with Gasteiger partial charge in [0.2, 0.25) is 5.91 Å².